The van der Waals surface area contributed by atoms with Crippen molar-refractivity contribution < 1.29 is 14.6 Å². The molecule has 5 rings (SSSR count). The van der Waals surface area contributed by atoms with Crippen molar-refractivity contribution in [3.8, 4) is 17.2 Å². The van der Waals surface area contributed by atoms with Crippen molar-refractivity contribution in [1.82, 2.24) is 4.90 Å². The number of piperidine rings is 1. The fourth-order valence-corrected chi connectivity index (χ4v) is 6.07. The summed E-state index contributed by atoms with van der Waals surface area (Å²) in [6.45, 7) is 9.58. The zero-order valence-electron chi connectivity index (χ0n) is 23.2. The summed E-state index contributed by atoms with van der Waals surface area (Å²) in [4.78, 5) is 4.95. The second-order valence-corrected chi connectivity index (χ2v) is 10.7. The van der Waals surface area contributed by atoms with Gasteiger partial charge in [-0.25, -0.2) is 0 Å². The number of nitrogens with zero attached hydrogens (tertiary/aromatic N) is 2. The highest BCUT2D eigenvalue weighted by Gasteiger charge is 2.25. The highest BCUT2D eigenvalue weighted by atomic mass is 16.5. The van der Waals surface area contributed by atoms with Crippen molar-refractivity contribution in [3.05, 3.63) is 82.9 Å². The van der Waals surface area contributed by atoms with E-state index in [0.717, 1.165) is 76.3 Å². The molecule has 0 saturated carbocycles. The molecule has 5 heteroatoms. The lowest BCUT2D eigenvalue weighted by Crippen LogP contribution is -2.37. The molecule has 1 atom stereocenters. The first-order valence-corrected chi connectivity index (χ1v) is 14.3. The second kappa shape index (κ2) is 12.1. The highest BCUT2D eigenvalue weighted by Crippen LogP contribution is 2.40. The van der Waals surface area contributed by atoms with Crippen LogP contribution in [0, 0.1) is 0 Å². The predicted molar refractivity (Wildman–Crippen MR) is 155 cm³/mol. The molecule has 0 bridgehead atoms. The van der Waals surface area contributed by atoms with Crippen LogP contribution < -0.4 is 14.4 Å². The number of likely N-dealkylation sites (tertiary alicyclic amines) is 1. The number of aryl methyl sites for hydroxylation is 1. The van der Waals surface area contributed by atoms with E-state index in [1.54, 1.807) is 7.11 Å². The van der Waals surface area contributed by atoms with Crippen LogP contribution in [0.15, 0.2) is 60.7 Å². The van der Waals surface area contributed by atoms with Gasteiger partial charge >= 0.3 is 0 Å². The average molecular weight is 515 g/mol. The fourth-order valence-electron chi connectivity index (χ4n) is 6.07. The van der Waals surface area contributed by atoms with Crippen molar-refractivity contribution in [2.24, 2.45) is 0 Å². The topological polar surface area (TPSA) is 45.2 Å². The molecule has 1 heterocycles. The van der Waals surface area contributed by atoms with E-state index in [-0.39, 0.29) is 0 Å². The number of aromatic hydroxyl groups is 1. The Balaban J connectivity index is 1.31. The van der Waals surface area contributed by atoms with Gasteiger partial charge < -0.3 is 24.4 Å². The Morgan fingerprint density at radius 2 is 1.66 bits per heavy atom. The smallest absolute Gasteiger partial charge is 0.120 e. The lowest BCUT2D eigenvalue weighted by molar-refractivity contribution is 0.104. The summed E-state index contributed by atoms with van der Waals surface area (Å²) in [7, 11) is 1.74. The Morgan fingerprint density at radius 1 is 0.895 bits per heavy atom. The van der Waals surface area contributed by atoms with E-state index in [9.17, 15) is 5.11 Å². The van der Waals surface area contributed by atoms with Crippen molar-refractivity contribution in [1.29, 1.82) is 0 Å². The zero-order chi connectivity index (χ0) is 26.5. The number of fused-ring (bicyclic) bond motifs is 1. The molecule has 1 aliphatic carbocycles. The fraction of sp³-hybridized carbons (Fsp3) is 0.455. The summed E-state index contributed by atoms with van der Waals surface area (Å²) in [5, 5.41) is 9.91. The molecule has 2 aliphatic rings. The minimum atomic E-state index is 0.319. The molecule has 1 N–H and O–H groups in total. The maximum absolute atomic E-state index is 9.91. The van der Waals surface area contributed by atoms with E-state index in [4.69, 9.17) is 9.47 Å². The summed E-state index contributed by atoms with van der Waals surface area (Å²) in [6, 6.07) is 21.1. The average Bonchev–Trinajstić information content (AvgIpc) is 2.96. The van der Waals surface area contributed by atoms with Crippen molar-refractivity contribution >= 4 is 5.69 Å². The van der Waals surface area contributed by atoms with Gasteiger partial charge in [-0.3, -0.25) is 0 Å². The molecule has 0 unspecified atom stereocenters. The van der Waals surface area contributed by atoms with E-state index in [1.165, 1.54) is 27.9 Å². The zero-order valence-corrected chi connectivity index (χ0v) is 23.2. The van der Waals surface area contributed by atoms with Crippen LogP contribution in [0.1, 0.15) is 61.3 Å². The van der Waals surface area contributed by atoms with E-state index >= 15 is 0 Å². The van der Waals surface area contributed by atoms with Crippen LogP contribution in [-0.2, 0) is 19.4 Å². The van der Waals surface area contributed by atoms with Gasteiger partial charge in [-0.15, -0.1) is 0 Å². The summed E-state index contributed by atoms with van der Waals surface area (Å²) in [5.74, 6) is 2.67. The van der Waals surface area contributed by atoms with Gasteiger partial charge in [0.05, 0.1) is 7.11 Å². The van der Waals surface area contributed by atoms with Crippen LogP contribution >= 0.6 is 0 Å². The molecular weight excluding hydrogens is 472 g/mol. The molecule has 0 radical (unpaired) electrons. The van der Waals surface area contributed by atoms with Gasteiger partial charge in [0, 0.05) is 37.9 Å². The van der Waals surface area contributed by atoms with Gasteiger partial charge in [0.25, 0.3) is 0 Å². The van der Waals surface area contributed by atoms with Crippen LogP contribution in [0.25, 0.3) is 0 Å². The van der Waals surface area contributed by atoms with Gasteiger partial charge in [-0.1, -0.05) is 31.2 Å². The van der Waals surface area contributed by atoms with Crippen LogP contribution in [-0.4, -0.2) is 49.4 Å². The van der Waals surface area contributed by atoms with Gasteiger partial charge in [0.2, 0.25) is 0 Å². The van der Waals surface area contributed by atoms with Gasteiger partial charge in [-0.05, 0) is 104 Å². The van der Waals surface area contributed by atoms with Crippen molar-refractivity contribution in [2.45, 2.75) is 64.5 Å². The van der Waals surface area contributed by atoms with Crippen LogP contribution in [0.2, 0.25) is 0 Å². The van der Waals surface area contributed by atoms with Crippen molar-refractivity contribution in [3.63, 3.8) is 0 Å². The summed E-state index contributed by atoms with van der Waals surface area (Å²) >= 11 is 0. The second-order valence-electron chi connectivity index (χ2n) is 10.7. The Morgan fingerprint density at radius 3 is 2.37 bits per heavy atom. The number of rotatable bonds is 9. The molecular formula is C33H42N2O3. The van der Waals surface area contributed by atoms with Crippen molar-refractivity contribution in [2.75, 3.05) is 38.2 Å². The SMILES string of the molecule is CCN1CCC(Oc2ccc(CN(CC)c3cc(OC)ccc3[C@@H]3CCc4cc(O)ccc4C3)cc2)CC1. The molecule has 1 fully saturated rings. The van der Waals surface area contributed by atoms with Crippen LogP contribution in [0.5, 0.6) is 17.2 Å². The first-order chi connectivity index (χ1) is 18.6. The number of hydrogen-bond donors (Lipinski definition) is 1. The summed E-state index contributed by atoms with van der Waals surface area (Å²) in [5.41, 5.74) is 6.53. The van der Waals surface area contributed by atoms with Crippen LogP contribution in [0.3, 0.4) is 0 Å². The largest absolute Gasteiger partial charge is 0.508 e. The van der Waals surface area contributed by atoms with Gasteiger partial charge in [0.1, 0.15) is 23.4 Å². The lowest BCUT2D eigenvalue weighted by atomic mass is 9.79. The Bertz CT molecular complexity index is 1200. The van der Waals surface area contributed by atoms with E-state index < -0.39 is 0 Å². The molecule has 3 aromatic carbocycles. The van der Waals surface area contributed by atoms with Gasteiger partial charge in [-0.2, -0.15) is 0 Å². The van der Waals surface area contributed by atoms with E-state index in [1.807, 2.05) is 12.1 Å². The monoisotopic (exact) mass is 514 g/mol. The lowest BCUT2D eigenvalue weighted by Gasteiger charge is -2.32. The maximum atomic E-state index is 9.91. The molecule has 202 valence electrons. The maximum Gasteiger partial charge on any atom is 0.120 e. The molecule has 1 aliphatic heterocycles. The van der Waals surface area contributed by atoms with E-state index in [2.05, 4.69) is 72.2 Å². The quantitative estimate of drug-likeness (QED) is 0.350. The molecule has 38 heavy (non-hydrogen) atoms. The third-order valence-corrected chi connectivity index (χ3v) is 8.40. The third kappa shape index (κ3) is 6.10. The molecule has 3 aromatic rings. The summed E-state index contributed by atoms with van der Waals surface area (Å²) in [6.07, 6.45) is 5.59. The number of anilines is 1. The third-order valence-electron chi connectivity index (χ3n) is 8.40. The predicted octanol–water partition coefficient (Wildman–Crippen LogP) is 6.56. The standard InChI is InChI=1S/C33H42N2O3/c1-4-34-18-16-30(17-19-34)38-29-12-6-24(7-13-29)23-35(5-2)33-22-31(37-3)14-15-32(33)27-9-8-26-21-28(36)11-10-25(26)20-27/h6-7,10-15,21-22,27,30,36H,4-5,8-9,16-20,23H2,1-3H3/t27-/m1/s1. The Kier molecular flexibility index (Phi) is 8.43. The number of phenolic OH excluding ortho intramolecular Hbond substituents is 1. The number of benzene rings is 3. The molecule has 0 aromatic heterocycles. The summed E-state index contributed by atoms with van der Waals surface area (Å²) < 4.78 is 12.0. The van der Waals surface area contributed by atoms with E-state index in [0.29, 0.717) is 17.8 Å². The molecule has 5 nitrogen and oxygen atoms in total. The normalized spacial score (nSPS) is 18.1. The first kappa shape index (κ1) is 26.4. The molecule has 0 amide bonds. The Labute approximate surface area is 228 Å². The number of phenols is 1. The van der Waals surface area contributed by atoms with Gasteiger partial charge in [0.15, 0.2) is 0 Å². The number of ether oxygens (including phenoxy) is 2. The number of hydrogen-bond acceptors (Lipinski definition) is 5. The number of methoxy groups -OCH3 is 1. The van der Waals surface area contributed by atoms with Crippen LogP contribution in [0.4, 0.5) is 5.69 Å². The first-order valence-electron chi connectivity index (χ1n) is 14.3. The highest BCUT2D eigenvalue weighted by molar-refractivity contribution is 5.60. The minimum Gasteiger partial charge on any atom is -0.508 e. The Hall–Kier alpha value is -3.18. The molecule has 1 saturated heterocycles. The molecule has 0 spiro atoms. The minimum absolute atomic E-state index is 0.319.